The second-order valence-corrected chi connectivity index (χ2v) is 8.18. The first-order chi connectivity index (χ1) is 14.3. The highest BCUT2D eigenvalue weighted by molar-refractivity contribution is 7.98. The molecule has 0 aliphatic carbocycles. The highest BCUT2D eigenvalue weighted by Crippen LogP contribution is 2.27. The zero-order valence-corrected chi connectivity index (χ0v) is 17.8. The highest BCUT2D eigenvalue weighted by Gasteiger charge is 2.16. The Morgan fingerprint density at radius 3 is 2.73 bits per heavy atom. The molecule has 0 radical (unpaired) electrons. The van der Waals surface area contributed by atoms with Crippen LogP contribution in [0.2, 0.25) is 5.02 Å². The van der Waals surface area contributed by atoms with Crippen LogP contribution < -0.4 is 11.0 Å². The molecule has 30 heavy (non-hydrogen) atoms. The van der Waals surface area contributed by atoms with Gasteiger partial charge in [0.25, 0.3) is 5.56 Å². The lowest BCUT2D eigenvalue weighted by Crippen LogP contribution is -2.22. The van der Waals surface area contributed by atoms with Crippen molar-refractivity contribution >= 4 is 34.3 Å². The van der Waals surface area contributed by atoms with E-state index in [4.69, 9.17) is 16.0 Å². The number of thioether (sulfide) groups is 1. The molecule has 6 nitrogen and oxygen atoms in total. The molecule has 0 fully saturated rings. The third kappa shape index (κ3) is 3.74. The molecule has 0 atom stereocenters. The topological polar surface area (TPSA) is 85.3 Å². The maximum atomic E-state index is 13.4. The molecule has 2 aromatic heterocycles. The minimum absolute atomic E-state index is 0.208. The maximum Gasteiger partial charge on any atom is 0.266 e. The minimum atomic E-state index is -0.526. The van der Waals surface area contributed by atoms with Gasteiger partial charge in [-0.25, -0.2) is 4.98 Å². The van der Waals surface area contributed by atoms with Crippen molar-refractivity contribution in [3.8, 4) is 11.4 Å². The van der Waals surface area contributed by atoms with Crippen molar-refractivity contribution in [2.75, 3.05) is 0 Å². The lowest BCUT2D eigenvalue weighted by atomic mass is 10.1. The molecule has 2 heterocycles. The van der Waals surface area contributed by atoms with Crippen molar-refractivity contribution in [3.05, 3.63) is 91.2 Å². The summed E-state index contributed by atoms with van der Waals surface area (Å²) in [6.45, 7) is 3.94. The van der Waals surface area contributed by atoms with Gasteiger partial charge in [-0.05, 0) is 49.2 Å². The lowest BCUT2D eigenvalue weighted by molar-refractivity contribution is 0.419. The zero-order chi connectivity index (χ0) is 21.4. The van der Waals surface area contributed by atoms with Crippen LogP contribution in [0.1, 0.15) is 16.9 Å². The molecule has 0 saturated heterocycles. The Labute approximate surface area is 180 Å². The summed E-state index contributed by atoms with van der Waals surface area (Å²) < 4.78 is 6.85. The van der Waals surface area contributed by atoms with Crippen LogP contribution in [0.15, 0.2) is 67.9 Å². The van der Waals surface area contributed by atoms with Gasteiger partial charge in [0, 0.05) is 11.1 Å². The Morgan fingerprint density at radius 2 is 1.97 bits per heavy atom. The number of aryl methyl sites for hydroxylation is 1. The van der Waals surface area contributed by atoms with Gasteiger partial charge in [-0.2, -0.15) is 0 Å². The molecular formula is C22H17ClN2O4S. The van der Waals surface area contributed by atoms with Crippen LogP contribution in [-0.4, -0.2) is 14.7 Å². The molecule has 2 aromatic carbocycles. The van der Waals surface area contributed by atoms with Crippen molar-refractivity contribution in [1.82, 2.24) is 9.55 Å². The Kier molecular flexibility index (Phi) is 5.40. The van der Waals surface area contributed by atoms with Crippen LogP contribution in [0.5, 0.6) is 5.75 Å². The van der Waals surface area contributed by atoms with Crippen molar-refractivity contribution in [1.29, 1.82) is 0 Å². The van der Waals surface area contributed by atoms with E-state index in [0.29, 0.717) is 26.8 Å². The van der Waals surface area contributed by atoms with E-state index in [1.807, 2.05) is 32.0 Å². The molecule has 0 aliphatic rings. The number of hydrogen-bond acceptors (Lipinski definition) is 6. The Morgan fingerprint density at radius 1 is 1.17 bits per heavy atom. The summed E-state index contributed by atoms with van der Waals surface area (Å²) in [6, 6.07) is 12.0. The van der Waals surface area contributed by atoms with Crippen molar-refractivity contribution < 1.29 is 9.52 Å². The van der Waals surface area contributed by atoms with E-state index < -0.39 is 11.2 Å². The van der Waals surface area contributed by atoms with Gasteiger partial charge in [-0.1, -0.05) is 35.5 Å². The van der Waals surface area contributed by atoms with Crippen molar-refractivity contribution in [3.63, 3.8) is 0 Å². The number of halogens is 1. The average Bonchev–Trinajstić information content (AvgIpc) is 2.71. The molecule has 4 rings (SSSR count). The number of benzene rings is 2. The fraction of sp³-hybridized carbons (Fsp3) is 0.136. The first-order valence-electron chi connectivity index (χ1n) is 9.07. The van der Waals surface area contributed by atoms with Gasteiger partial charge in [0.1, 0.15) is 12.0 Å². The van der Waals surface area contributed by atoms with Gasteiger partial charge in [0.2, 0.25) is 5.43 Å². The number of aromatic hydroxyl groups is 1. The van der Waals surface area contributed by atoms with E-state index in [2.05, 4.69) is 4.98 Å². The molecule has 0 amide bonds. The first-order valence-corrected chi connectivity index (χ1v) is 10.4. The summed E-state index contributed by atoms with van der Waals surface area (Å²) in [5.41, 5.74) is 2.51. The van der Waals surface area contributed by atoms with E-state index in [9.17, 15) is 14.7 Å². The number of rotatable bonds is 4. The van der Waals surface area contributed by atoms with Gasteiger partial charge in [0.15, 0.2) is 10.9 Å². The summed E-state index contributed by atoms with van der Waals surface area (Å²) in [6.07, 6.45) is 1.00. The standard InChI is InChI=1S/C22H17ClN2O4S/c1-12-4-3-5-18(13(12)2)25-21(28)16-7-6-14(23)8-17(16)24-22(25)30-11-15-9-19(26)20(27)10-29-15/h3-10,27H,11H2,1-2H3. The van der Waals surface area contributed by atoms with Crippen LogP contribution in [0.3, 0.4) is 0 Å². The van der Waals surface area contributed by atoms with Crippen LogP contribution >= 0.6 is 23.4 Å². The third-order valence-corrected chi connectivity index (χ3v) is 6.02. The second kappa shape index (κ2) is 8.01. The fourth-order valence-electron chi connectivity index (χ4n) is 3.08. The van der Waals surface area contributed by atoms with Gasteiger partial charge in [-0.15, -0.1) is 0 Å². The molecule has 1 N–H and O–H groups in total. The van der Waals surface area contributed by atoms with Gasteiger partial charge < -0.3 is 9.52 Å². The predicted molar refractivity (Wildman–Crippen MR) is 118 cm³/mol. The summed E-state index contributed by atoms with van der Waals surface area (Å²) in [5.74, 6) is 0.157. The summed E-state index contributed by atoms with van der Waals surface area (Å²) in [7, 11) is 0. The SMILES string of the molecule is Cc1cccc(-n2c(SCc3cc(=O)c(O)co3)nc3cc(Cl)ccc3c2=O)c1C. The van der Waals surface area contributed by atoms with Crippen molar-refractivity contribution in [2.45, 2.75) is 24.8 Å². The smallest absolute Gasteiger partial charge is 0.266 e. The highest BCUT2D eigenvalue weighted by atomic mass is 35.5. The average molecular weight is 441 g/mol. The van der Waals surface area contributed by atoms with E-state index in [-0.39, 0.29) is 11.3 Å². The number of hydrogen-bond donors (Lipinski definition) is 1. The first kappa shape index (κ1) is 20.3. The monoisotopic (exact) mass is 440 g/mol. The molecule has 0 aliphatic heterocycles. The predicted octanol–water partition coefficient (Wildman–Crippen LogP) is 4.61. The summed E-state index contributed by atoms with van der Waals surface area (Å²) in [4.78, 5) is 29.7. The molecule has 0 spiro atoms. The molecule has 0 saturated carbocycles. The molecule has 0 unspecified atom stereocenters. The Balaban J connectivity index is 1.89. The summed E-state index contributed by atoms with van der Waals surface area (Å²) >= 11 is 7.36. The Bertz CT molecular complexity index is 1390. The lowest BCUT2D eigenvalue weighted by Gasteiger charge is -2.16. The molecule has 152 valence electrons. The molecule has 8 heteroatoms. The van der Waals surface area contributed by atoms with Crippen LogP contribution in [-0.2, 0) is 5.75 Å². The zero-order valence-electron chi connectivity index (χ0n) is 16.2. The molecule has 0 bridgehead atoms. The normalized spacial score (nSPS) is 11.2. The van der Waals surface area contributed by atoms with Gasteiger partial charge in [0.05, 0.1) is 22.3 Å². The van der Waals surface area contributed by atoms with E-state index >= 15 is 0 Å². The minimum Gasteiger partial charge on any atom is -0.502 e. The largest absolute Gasteiger partial charge is 0.502 e. The van der Waals surface area contributed by atoms with E-state index in [1.165, 1.54) is 17.8 Å². The Hall–Kier alpha value is -3.03. The van der Waals surface area contributed by atoms with E-state index in [1.54, 1.807) is 22.8 Å². The molecule has 4 aromatic rings. The third-order valence-electron chi connectivity index (χ3n) is 4.83. The number of fused-ring (bicyclic) bond motifs is 1. The second-order valence-electron chi connectivity index (χ2n) is 6.80. The van der Waals surface area contributed by atoms with Gasteiger partial charge in [-0.3, -0.25) is 14.2 Å². The van der Waals surface area contributed by atoms with E-state index in [0.717, 1.165) is 23.1 Å². The molecular weight excluding hydrogens is 424 g/mol. The van der Waals surface area contributed by atoms with Gasteiger partial charge >= 0.3 is 0 Å². The summed E-state index contributed by atoms with van der Waals surface area (Å²) in [5, 5.41) is 10.8. The number of nitrogens with zero attached hydrogens (tertiary/aromatic N) is 2. The fourth-order valence-corrected chi connectivity index (χ4v) is 4.14. The van der Waals surface area contributed by atoms with Crippen LogP contribution in [0, 0.1) is 13.8 Å². The van der Waals surface area contributed by atoms with Crippen LogP contribution in [0.25, 0.3) is 16.6 Å². The maximum absolute atomic E-state index is 13.4. The quantitative estimate of drug-likeness (QED) is 0.368. The van der Waals surface area contributed by atoms with Crippen molar-refractivity contribution in [2.24, 2.45) is 0 Å². The van der Waals surface area contributed by atoms with Crippen LogP contribution in [0.4, 0.5) is 0 Å². The number of aromatic nitrogens is 2.